The van der Waals surface area contributed by atoms with Crippen molar-refractivity contribution in [2.45, 2.75) is 46.0 Å². The summed E-state index contributed by atoms with van der Waals surface area (Å²) in [4.78, 5) is 11.2. The molecule has 0 saturated carbocycles. The van der Waals surface area contributed by atoms with Gasteiger partial charge >= 0.3 is 5.97 Å². The van der Waals surface area contributed by atoms with Gasteiger partial charge in [-0.1, -0.05) is 33.1 Å². The number of hydrogen-bond acceptors (Lipinski definition) is 3. The van der Waals surface area contributed by atoms with Crippen molar-refractivity contribution >= 4 is 5.97 Å². The van der Waals surface area contributed by atoms with Gasteiger partial charge in [-0.15, -0.1) is 0 Å². The Morgan fingerprint density at radius 1 is 1.19 bits per heavy atom. The molecule has 0 aliphatic rings. The topological polar surface area (TPSA) is 35.5 Å². The van der Waals surface area contributed by atoms with Crippen LogP contribution < -0.4 is 0 Å². The van der Waals surface area contributed by atoms with Crippen LogP contribution in [0.15, 0.2) is 11.6 Å². The number of hydrogen-bond donors (Lipinski definition) is 0. The van der Waals surface area contributed by atoms with Crippen LogP contribution in [0.1, 0.15) is 46.0 Å². The Balaban J connectivity index is 3.60. The fourth-order valence-corrected chi connectivity index (χ4v) is 1.38. The van der Waals surface area contributed by atoms with Crippen LogP contribution in [0.3, 0.4) is 0 Å². The van der Waals surface area contributed by atoms with Crippen molar-refractivity contribution in [2.24, 2.45) is 0 Å². The third kappa shape index (κ3) is 7.46. The van der Waals surface area contributed by atoms with Gasteiger partial charge in [0.15, 0.2) is 0 Å². The zero-order valence-electron chi connectivity index (χ0n) is 10.8. The van der Waals surface area contributed by atoms with Gasteiger partial charge in [0.05, 0.1) is 13.7 Å². The highest BCUT2D eigenvalue weighted by molar-refractivity contribution is 5.88. The SMILES string of the molecule is CCCCCCOCC=C(CC)C(=O)OC. The van der Waals surface area contributed by atoms with E-state index in [0.717, 1.165) is 13.0 Å². The molecule has 0 heterocycles. The predicted octanol–water partition coefficient (Wildman–Crippen LogP) is 3.09. The number of rotatable bonds is 9. The van der Waals surface area contributed by atoms with E-state index in [-0.39, 0.29) is 5.97 Å². The molecule has 3 nitrogen and oxygen atoms in total. The lowest BCUT2D eigenvalue weighted by Crippen LogP contribution is -2.05. The van der Waals surface area contributed by atoms with Crippen LogP contribution in [0, 0.1) is 0 Å². The molecule has 0 atom stereocenters. The summed E-state index contributed by atoms with van der Waals surface area (Å²) >= 11 is 0. The molecule has 0 fully saturated rings. The lowest BCUT2D eigenvalue weighted by atomic mass is 10.2. The minimum atomic E-state index is -0.253. The summed E-state index contributed by atoms with van der Waals surface area (Å²) in [5.41, 5.74) is 0.691. The van der Waals surface area contributed by atoms with Crippen LogP contribution in [0.2, 0.25) is 0 Å². The quantitative estimate of drug-likeness (QED) is 0.345. The molecule has 0 spiro atoms. The van der Waals surface area contributed by atoms with Gasteiger partial charge in [0.2, 0.25) is 0 Å². The summed E-state index contributed by atoms with van der Waals surface area (Å²) in [6.45, 7) is 5.40. The van der Waals surface area contributed by atoms with E-state index in [2.05, 4.69) is 11.7 Å². The van der Waals surface area contributed by atoms with E-state index < -0.39 is 0 Å². The lowest BCUT2D eigenvalue weighted by molar-refractivity contribution is -0.136. The average Bonchev–Trinajstić information content (AvgIpc) is 2.32. The molecule has 0 aromatic heterocycles. The minimum absolute atomic E-state index is 0.253. The van der Waals surface area contributed by atoms with Crippen molar-refractivity contribution in [3.63, 3.8) is 0 Å². The highest BCUT2D eigenvalue weighted by Gasteiger charge is 2.05. The van der Waals surface area contributed by atoms with Crippen LogP contribution in [-0.2, 0) is 14.3 Å². The third-order valence-corrected chi connectivity index (χ3v) is 2.42. The number of unbranched alkanes of at least 4 members (excludes halogenated alkanes) is 3. The fraction of sp³-hybridized carbons (Fsp3) is 0.769. The molecule has 94 valence electrons. The maximum Gasteiger partial charge on any atom is 0.333 e. The van der Waals surface area contributed by atoms with Crippen molar-refractivity contribution in [3.05, 3.63) is 11.6 Å². The number of methoxy groups -OCH3 is 1. The largest absolute Gasteiger partial charge is 0.466 e. The fourth-order valence-electron chi connectivity index (χ4n) is 1.38. The Labute approximate surface area is 98.8 Å². The second-order valence-corrected chi connectivity index (χ2v) is 3.71. The Kier molecular flexibility index (Phi) is 10.1. The summed E-state index contributed by atoms with van der Waals surface area (Å²) in [6.07, 6.45) is 7.32. The molecule has 0 amide bonds. The van der Waals surface area contributed by atoms with Crippen molar-refractivity contribution in [1.82, 2.24) is 0 Å². The minimum Gasteiger partial charge on any atom is -0.466 e. The number of carbonyl (C=O) groups excluding carboxylic acids is 1. The highest BCUT2D eigenvalue weighted by atomic mass is 16.5. The van der Waals surface area contributed by atoms with Gasteiger partial charge < -0.3 is 9.47 Å². The molecule has 16 heavy (non-hydrogen) atoms. The maximum atomic E-state index is 11.2. The van der Waals surface area contributed by atoms with Crippen LogP contribution >= 0.6 is 0 Å². The van der Waals surface area contributed by atoms with Crippen molar-refractivity contribution in [1.29, 1.82) is 0 Å². The number of esters is 1. The van der Waals surface area contributed by atoms with Crippen molar-refractivity contribution < 1.29 is 14.3 Å². The molecule has 0 aromatic carbocycles. The maximum absolute atomic E-state index is 11.2. The molecule has 0 radical (unpaired) electrons. The van der Waals surface area contributed by atoms with Gasteiger partial charge in [-0.25, -0.2) is 4.79 Å². The second-order valence-electron chi connectivity index (χ2n) is 3.71. The number of carbonyl (C=O) groups is 1. The average molecular weight is 228 g/mol. The second kappa shape index (κ2) is 10.7. The molecule has 0 aliphatic heterocycles. The molecule has 0 saturated heterocycles. The van der Waals surface area contributed by atoms with Gasteiger partial charge in [-0.05, 0) is 18.9 Å². The molecule has 0 aliphatic carbocycles. The first-order valence-electron chi connectivity index (χ1n) is 6.11. The van der Waals surface area contributed by atoms with Crippen molar-refractivity contribution in [3.8, 4) is 0 Å². The molecule has 0 bridgehead atoms. The molecular weight excluding hydrogens is 204 g/mol. The van der Waals surface area contributed by atoms with Crippen LogP contribution in [0.5, 0.6) is 0 Å². The van der Waals surface area contributed by atoms with Gasteiger partial charge in [0.1, 0.15) is 0 Å². The Bertz CT molecular complexity index is 209. The third-order valence-electron chi connectivity index (χ3n) is 2.42. The van der Waals surface area contributed by atoms with Gasteiger partial charge in [-0.2, -0.15) is 0 Å². The smallest absolute Gasteiger partial charge is 0.333 e. The van der Waals surface area contributed by atoms with Crippen LogP contribution in [0.4, 0.5) is 0 Å². The van der Waals surface area contributed by atoms with Crippen LogP contribution in [-0.4, -0.2) is 26.3 Å². The predicted molar refractivity (Wildman–Crippen MR) is 65.4 cm³/mol. The summed E-state index contributed by atoms with van der Waals surface area (Å²) in [6, 6.07) is 0. The van der Waals surface area contributed by atoms with E-state index in [9.17, 15) is 4.79 Å². The molecular formula is C13H24O3. The first-order chi connectivity index (χ1) is 7.76. The summed E-state index contributed by atoms with van der Waals surface area (Å²) in [7, 11) is 1.40. The molecule has 0 N–H and O–H groups in total. The summed E-state index contributed by atoms with van der Waals surface area (Å²) in [5.74, 6) is -0.253. The van der Waals surface area contributed by atoms with Crippen molar-refractivity contribution in [2.75, 3.05) is 20.3 Å². The standard InChI is InChI=1S/C13H24O3/c1-4-6-7-8-10-16-11-9-12(5-2)13(14)15-3/h9H,4-8,10-11H2,1-3H3. The zero-order valence-corrected chi connectivity index (χ0v) is 10.8. The van der Waals surface area contributed by atoms with Gasteiger partial charge in [0, 0.05) is 12.2 Å². The number of ether oxygens (including phenoxy) is 2. The Morgan fingerprint density at radius 2 is 1.94 bits per heavy atom. The summed E-state index contributed by atoms with van der Waals surface area (Å²) in [5, 5.41) is 0. The van der Waals surface area contributed by atoms with E-state index in [1.54, 1.807) is 0 Å². The monoisotopic (exact) mass is 228 g/mol. The molecule has 0 rings (SSSR count). The van der Waals surface area contributed by atoms with E-state index in [1.165, 1.54) is 26.4 Å². The van der Waals surface area contributed by atoms with E-state index >= 15 is 0 Å². The Hall–Kier alpha value is -0.830. The van der Waals surface area contributed by atoms with E-state index in [1.807, 2.05) is 13.0 Å². The molecule has 0 aromatic rings. The lowest BCUT2D eigenvalue weighted by Gasteiger charge is -2.03. The first kappa shape index (κ1) is 15.2. The Morgan fingerprint density at radius 3 is 2.50 bits per heavy atom. The van der Waals surface area contributed by atoms with Gasteiger partial charge in [-0.3, -0.25) is 0 Å². The van der Waals surface area contributed by atoms with E-state index in [0.29, 0.717) is 18.6 Å². The zero-order chi connectivity index (χ0) is 12.2. The van der Waals surface area contributed by atoms with Gasteiger partial charge in [0.25, 0.3) is 0 Å². The van der Waals surface area contributed by atoms with Crippen LogP contribution in [0.25, 0.3) is 0 Å². The first-order valence-corrected chi connectivity index (χ1v) is 6.11. The highest BCUT2D eigenvalue weighted by Crippen LogP contribution is 2.03. The normalized spacial score (nSPS) is 11.6. The summed E-state index contributed by atoms with van der Waals surface area (Å²) < 4.78 is 10.1. The molecule has 0 unspecified atom stereocenters. The molecule has 3 heteroatoms. The van der Waals surface area contributed by atoms with E-state index in [4.69, 9.17) is 4.74 Å².